The molecule has 136 valence electrons. The van der Waals surface area contributed by atoms with Gasteiger partial charge in [0.15, 0.2) is 18.1 Å². The Morgan fingerprint density at radius 2 is 1.85 bits per heavy atom. The Balaban J connectivity index is 2.02. The fourth-order valence-corrected chi connectivity index (χ4v) is 2.13. The van der Waals surface area contributed by atoms with Crippen LogP contribution >= 0.6 is 0 Å². The van der Waals surface area contributed by atoms with E-state index in [1.54, 1.807) is 42.5 Å². The second-order valence-electron chi connectivity index (χ2n) is 5.05. The summed E-state index contributed by atoms with van der Waals surface area (Å²) in [5.74, 6) is 0.885. The lowest BCUT2D eigenvalue weighted by molar-refractivity contribution is -0.400. The predicted octanol–water partition coefficient (Wildman–Crippen LogP) is 2.97. The Labute approximate surface area is 150 Å². The number of nitro groups is 1. The van der Waals surface area contributed by atoms with Crippen LogP contribution < -0.4 is 19.5 Å². The lowest BCUT2D eigenvalue weighted by Gasteiger charge is -2.12. The molecule has 2 rings (SSSR count). The summed E-state index contributed by atoms with van der Waals surface area (Å²) in [5, 5.41) is 13.1. The van der Waals surface area contributed by atoms with Gasteiger partial charge in [0.05, 0.1) is 24.8 Å². The van der Waals surface area contributed by atoms with Crippen molar-refractivity contribution in [3.05, 3.63) is 64.3 Å². The molecule has 0 radical (unpaired) electrons. The zero-order chi connectivity index (χ0) is 18.9. The maximum Gasteiger partial charge on any atom is 0.262 e. The quantitative estimate of drug-likeness (QED) is 0.575. The van der Waals surface area contributed by atoms with Crippen molar-refractivity contribution in [3.63, 3.8) is 0 Å². The lowest BCUT2D eigenvalue weighted by Crippen LogP contribution is -2.20. The highest BCUT2D eigenvalue weighted by molar-refractivity contribution is 5.93. The first-order valence-corrected chi connectivity index (χ1v) is 7.59. The van der Waals surface area contributed by atoms with Gasteiger partial charge in [-0.2, -0.15) is 0 Å². The first kappa shape index (κ1) is 18.8. The van der Waals surface area contributed by atoms with Crippen LogP contribution in [0.3, 0.4) is 0 Å². The molecule has 0 spiro atoms. The molecule has 0 fully saturated rings. The third-order valence-corrected chi connectivity index (χ3v) is 3.32. The van der Waals surface area contributed by atoms with Crippen molar-refractivity contribution < 1.29 is 23.9 Å². The summed E-state index contributed by atoms with van der Waals surface area (Å²) in [7, 11) is 2.96. The minimum atomic E-state index is -0.556. The molecule has 26 heavy (non-hydrogen) atoms. The zero-order valence-electron chi connectivity index (χ0n) is 14.3. The Bertz CT molecular complexity index is 819. The minimum absolute atomic E-state index is 0.238. The van der Waals surface area contributed by atoms with Gasteiger partial charge in [0.2, 0.25) is 6.20 Å². The van der Waals surface area contributed by atoms with Crippen molar-refractivity contribution in [2.24, 2.45) is 0 Å². The maximum atomic E-state index is 12.1. The Morgan fingerprint density at radius 1 is 1.12 bits per heavy atom. The topological polar surface area (TPSA) is 99.9 Å². The van der Waals surface area contributed by atoms with Gasteiger partial charge in [-0.15, -0.1) is 0 Å². The van der Waals surface area contributed by atoms with Crippen LogP contribution in [0.1, 0.15) is 5.56 Å². The summed E-state index contributed by atoms with van der Waals surface area (Å²) in [5.41, 5.74) is 1.11. The molecule has 8 nitrogen and oxygen atoms in total. The van der Waals surface area contributed by atoms with Crippen LogP contribution in [-0.4, -0.2) is 31.7 Å². The number of carbonyl (C=O) groups excluding carboxylic acids is 1. The number of nitrogens with zero attached hydrogens (tertiary/aromatic N) is 1. The van der Waals surface area contributed by atoms with Gasteiger partial charge >= 0.3 is 0 Å². The highest BCUT2D eigenvalue weighted by atomic mass is 16.6. The van der Waals surface area contributed by atoms with E-state index < -0.39 is 4.92 Å². The molecule has 1 amide bonds. The zero-order valence-corrected chi connectivity index (χ0v) is 14.3. The Morgan fingerprint density at radius 3 is 2.54 bits per heavy atom. The first-order valence-electron chi connectivity index (χ1n) is 7.59. The number of hydrogen-bond acceptors (Lipinski definition) is 6. The van der Waals surface area contributed by atoms with Gasteiger partial charge in [-0.1, -0.05) is 18.2 Å². The smallest absolute Gasteiger partial charge is 0.262 e. The molecule has 0 bridgehead atoms. The molecule has 8 heteroatoms. The van der Waals surface area contributed by atoms with Crippen molar-refractivity contribution in [2.45, 2.75) is 0 Å². The van der Waals surface area contributed by atoms with Crippen LogP contribution in [0.2, 0.25) is 0 Å². The van der Waals surface area contributed by atoms with Gasteiger partial charge in [0, 0.05) is 6.08 Å². The highest BCUT2D eigenvalue weighted by Gasteiger charge is 2.10. The number of nitrogens with one attached hydrogen (secondary N) is 1. The number of hydrogen-bond donors (Lipinski definition) is 1. The molecule has 0 saturated carbocycles. The largest absolute Gasteiger partial charge is 0.495 e. The van der Waals surface area contributed by atoms with Crippen molar-refractivity contribution in [1.29, 1.82) is 0 Å². The number of carbonyl (C=O) groups is 1. The van der Waals surface area contributed by atoms with E-state index in [1.165, 1.54) is 20.3 Å². The normalized spacial score (nSPS) is 10.4. The number of ether oxygens (including phenoxy) is 3. The number of rotatable bonds is 8. The molecular formula is C18H18N2O6. The third kappa shape index (κ3) is 5.23. The molecule has 1 N–H and O–H groups in total. The lowest BCUT2D eigenvalue weighted by atomic mass is 10.2. The van der Waals surface area contributed by atoms with Crippen LogP contribution in [0.15, 0.2) is 48.7 Å². The number of para-hydroxylation sites is 2. The van der Waals surface area contributed by atoms with E-state index >= 15 is 0 Å². The van der Waals surface area contributed by atoms with Crippen molar-refractivity contribution >= 4 is 17.7 Å². The summed E-state index contributed by atoms with van der Waals surface area (Å²) in [4.78, 5) is 21.9. The Kier molecular flexibility index (Phi) is 6.55. The molecule has 0 aliphatic heterocycles. The van der Waals surface area contributed by atoms with Gasteiger partial charge in [-0.25, -0.2) is 0 Å². The van der Waals surface area contributed by atoms with Gasteiger partial charge in [-0.05, 0) is 29.8 Å². The van der Waals surface area contributed by atoms with Crippen molar-refractivity contribution in [3.8, 4) is 17.2 Å². The van der Waals surface area contributed by atoms with Crippen LogP contribution in [0.5, 0.6) is 17.2 Å². The fourth-order valence-electron chi connectivity index (χ4n) is 2.13. The van der Waals surface area contributed by atoms with E-state index in [2.05, 4.69) is 5.32 Å². The van der Waals surface area contributed by atoms with Crippen molar-refractivity contribution in [2.75, 3.05) is 26.1 Å². The first-order chi connectivity index (χ1) is 12.5. The number of anilines is 1. The van der Waals surface area contributed by atoms with Gasteiger partial charge in [0.1, 0.15) is 5.75 Å². The van der Waals surface area contributed by atoms with E-state index in [0.717, 1.165) is 6.20 Å². The molecule has 2 aromatic carbocycles. The Hall–Kier alpha value is -3.55. The molecule has 0 saturated heterocycles. The molecule has 0 unspecified atom stereocenters. The second-order valence-corrected chi connectivity index (χ2v) is 5.05. The summed E-state index contributed by atoms with van der Waals surface area (Å²) in [6.45, 7) is -0.238. The van der Waals surface area contributed by atoms with Crippen LogP contribution in [0.25, 0.3) is 6.08 Å². The number of amides is 1. The standard InChI is InChI=1S/C18H18N2O6/c1-24-15-6-4-3-5-14(15)19-18(21)12-26-16-8-7-13(9-10-20(22)23)11-17(16)25-2/h3-11H,12H2,1-2H3,(H,19,21)/b10-9-. The average molecular weight is 358 g/mol. The summed E-state index contributed by atoms with van der Waals surface area (Å²) in [6, 6.07) is 11.8. The average Bonchev–Trinajstić information content (AvgIpc) is 2.65. The molecule has 0 aliphatic rings. The molecule has 2 aromatic rings. The van der Waals surface area contributed by atoms with E-state index in [9.17, 15) is 14.9 Å². The van der Waals surface area contributed by atoms with Crippen LogP contribution in [0, 0.1) is 10.1 Å². The molecule has 0 aliphatic carbocycles. The fraction of sp³-hybridized carbons (Fsp3) is 0.167. The van der Waals surface area contributed by atoms with Gasteiger partial charge in [0.25, 0.3) is 5.91 Å². The van der Waals surface area contributed by atoms with Crippen LogP contribution in [-0.2, 0) is 4.79 Å². The number of methoxy groups -OCH3 is 2. The van der Waals surface area contributed by atoms with E-state index in [4.69, 9.17) is 14.2 Å². The van der Waals surface area contributed by atoms with Crippen molar-refractivity contribution in [1.82, 2.24) is 0 Å². The predicted molar refractivity (Wildman–Crippen MR) is 96.1 cm³/mol. The number of benzene rings is 2. The summed E-state index contributed by atoms with van der Waals surface area (Å²) >= 11 is 0. The van der Waals surface area contributed by atoms with Crippen LogP contribution in [0.4, 0.5) is 5.69 Å². The van der Waals surface area contributed by atoms with E-state index in [0.29, 0.717) is 28.5 Å². The summed E-state index contributed by atoms with van der Waals surface area (Å²) in [6.07, 6.45) is 2.16. The molecular weight excluding hydrogens is 340 g/mol. The van der Waals surface area contributed by atoms with Gasteiger partial charge < -0.3 is 19.5 Å². The molecule has 0 aromatic heterocycles. The van der Waals surface area contributed by atoms with E-state index in [-0.39, 0.29) is 12.5 Å². The minimum Gasteiger partial charge on any atom is -0.495 e. The van der Waals surface area contributed by atoms with Gasteiger partial charge in [-0.3, -0.25) is 14.9 Å². The third-order valence-electron chi connectivity index (χ3n) is 3.32. The van der Waals surface area contributed by atoms with E-state index in [1.807, 2.05) is 0 Å². The maximum absolute atomic E-state index is 12.1. The monoisotopic (exact) mass is 358 g/mol. The summed E-state index contributed by atoms with van der Waals surface area (Å²) < 4.78 is 15.8. The molecule has 0 heterocycles. The SMILES string of the molecule is COc1ccccc1NC(=O)COc1ccc(/C=C\[N+](=O)[O-])cc1OC. The highest BCUT2D eigenvalue weighted by Crippen LogP contribution is 2.29. The molecule has 0 atom stereocenters. The second kappa shape index (κ2) is 9.07.